The SMILES string of the molecule is CCc1cc(NCc2ncc(C(C)(C)C)o2)nc(-c2ccncc2)n1. The maximum Gasteiger partial charge on any atom is 0.213 e. The van der Waals surface area contributed by atoms with Gasteiger partial charge in [-0.25, -0.2) is 15.0 Å². The molecule has 0 fully saturated rings. The number of aromatic nitrogens is 4. The molecule has 0 spiro atoms. The Morgan fingerprint density at radius 2 is 1.88 bits per heavy atom. The first-order valence-corrected chi connectivity index (χ1v) is 8.43. The standard InChI is InChI=1S/C19H23N5O/c1-5-14-10-16(24-18(23-14)13-6-8-20-9-7-13)21-12-17-22-11-15(25-17)19(2,3)4/h6-11H,5,12H2,1-4H3,(H,21,23,24). The summed E-state index contributed by atoms with van der Waals surface area (Å²) in [6, 6.07) is 5.77. The number of nitrogens with zero attached hydrogens (tertiary/aromatic N) is 4. The lowest BCUT2D eigenvalue weighted by molar-refractivity contribution is 0.385. The van der Waals surface area contributed by atoms with E-state index in [1.807, 2.05) is 18.2 Å². The molecule has 0 atom stereocenters. The molecule has 1 N–H and O–H groups in total. The number of hydrogen-bond donors (Lipinski definition) is 1. The average Bonchev–Trinajstić information content (AvgIpc) is 3.10. The highest BCUT2D eigenvalue weighted by Crippen LogP contribution is 2.23. The van der Waals surface area contributed by atoms with E-state index in [-0.39, 0.29) is 5.41 Å². The monoisotopic (exact) mass is 337 g/mol. The van der Waals surface area contributed by atoms with Crippen LogP contribution in [0.2, 0.25) is 0 Å². The number of oxazole rings is 1. The van der Waals surface area contributed by atoms with E-state index in [1.54, 1.807) is 18.6 Å². The van der Waals surface area contributed by atoms with E-state index in [2.05, 4.69) is 52.9 Å². The minimum atomic E-state index is -0.0515. The van der Waals surface area contributed by atoms with E-state index < -0.39 is 0 Å². The Morgan fingerprint density at radius 1 is 1.12 bits per heavy atom. The summed E-state index contributed by atoms with van der Waals surface area (Å²) in [4.78, 5) is 17.6. The van der Waals surface area contributed by atoms with Crippen LogP contribution in [0.4, 0.5) is 5.82 Å². The molecule has 3 rings (SSSR count). The molecule has 3 heterocycles. The zero-order valence-corrected chi connectivity index (χ0v) is 15.1. The Labute approximate surface area is 147 Å². The molecule has 25 heavy (non-hydrogen) atoms. The molecule has 0 bridgehead atoms. The Bertz CT molecular complexity index is 837. The van der Waals surface area contributed by atoms with Crippen LogP contribution in [0.3, 0.4) is 0 Å². The molecule has 6 nitrogen and oxygen atoms in total. The molecule has 0 aromatic carbocycles. The average molecular weight is 337 g/mol. The van der Waals surface area contributed by atoms with Crippen molar-refractivity contribution in [2.45, 2.75) is 46.1 Å². The molecule has 0 saturated heterocycles. The van der Waals surface area contributed by atoms with Crippen LogP contribution < -0.4 is 5.32 Å². The van der Waals surface area contributed by atoms with Gasteiger partial charge in [-0.1, -0.05) is 27.7 Å². The molecule has 0 aliphatic rings. The van der Waals surface area contributed by atoms with Crippen LogP contribution in [-0.4, -0.2) is 19.9 Å². The quantitative estimate of drug-likeness (QED) is 0.758. The van der Waals surface area contributed by atoms with Gasteiger partial charge in [0.25, 0.3) is 0 Å². The molecule has 3 aromatic rings. The van der Waals surface area contributed by atoms with Gasteiger partial charge < -0.3 is 9.73 Å². The van der Waals surface area contributed by atoms with Gasteiger partial charge in [-0.2, -0.15) is 0 Å². The van der Waals surface area contributed by atoms with E-state index in [0.29, 0.717) is 18.3 Å². The molecule has 130 valence electrons. The number of hydrogen-bond acceptors (Lipinski definition) is 6. The van der Waals surface area contributed by atoms with Crippen molar-refractivity contribution in [2.24, 2.45) is 0 Å². The third-order valence-corrected chi connectivity index (χ3v) is 3.79. The first kappa shape index (κ1) is 17.1. The van der Waals surface area contributed by atoms with Crippen LogP contribution in [-0.2, 0) is 18.4 Å². The van der Waals surface area contributed by atoms with Gasteiger partial charge in [0.2, 0.25) is 5.89 Å². The van der Waals surface area contributed by atoms with Gasteiger partial charge in [-0.05, 0) is 18.6 Å². The highest BCUT2D eigenvalue weighted by molar-refractivity contribution is 5.56. The second kappa shape index (κ2) is 7.01. The molecule has 0 aliphatic heterocycles. The Kier molecular flexibility index (Phi) is 4.79. The second-order valence-corrected chi connectivity index (χ2v) is 6.88. The summed E-state index contributed by atoms with van der Waals surface area (Å²) in [5.74, 6) is 2.96. The molecule has 3 aromatic heterocycles. The zero-order valence-electron chi connectivity index (χ0n) is 15.1. The lowest BCUT2D eigenvalue weighted by Crippen LogP contribution is -2.09. The minimum Gasteiger partial charge on any atom is -0.443 e. The third kappa shape index (κ3) is 4.21. The summed E-state index contributed by atoms with van der Waals surface area (Å²) >= 11 is 0. The van der Waals surface area contributed by atoms with Crippen molar-refractivity contribution in [1.82, 2.24) is 19.9 Å². The zero-order chi connectivity index (χ0) is 17.9. The minimum absolute atomic E-state index is 0.0515. The first-order valence-electron chi connectivity index (χ1n) is 8.43. The molecule has 6 heteroatoms. The predicted octanol–water partition coefficient (Wildman–Crippen LogP) is 4.00. The van der Waals surface area contributed by atoms with Crippen LogP contribution in [0.15, 0.2) is 41.2 Å². The van der Waals surface area contributed by atoms with E-state index >= 15 is 0 Å². The van der Waals surface area contributed by atoms with Crippen molar-refractivity contribution in [2.75, 3.05) is 5.32 Å². The van der Waals surface area contributed by atoms with Crippen LogP contribution >= 0.6 is 0 Å². The van der Waals surface area contributed by atoms with E-state index in [1.165, 1.54) is 0 Å². The fourth-order valence-electron chi connectivity index (χ4n) is 2.30. The molecular formula is C19H23N5O. The predicted molar refractivity (Wildman–Crippen MR) is 97.2 cm³/mol. The van der Waals surface area contributed by atoms with Gasteiger partial charge >= 0.3 is 0 Å². The molecule has 0 aliphatic carbocycles. The fraction of sp³-hybridized carbons (Fsp3) is 0.368. The van der Waals surface area contributed by atoms with Gasteiger partial charge in [-0.15, -0.1) is 0 Å². The van der Waals surface area contributed by atoms with Crippen LogP contribution in [0.25, 0.3) is 11.4 Å². The summed E-state index contributed by atoms with van der Waals surface area (Å²) in [6.45, 7) is 8.86. The van der Waals surface area contributed by atoms with Crippen LogP contribution in [0, 0.1) is 0 Å². The molecule has 0 amide bonds. The lowest BCUT2D eigenvalue weighted by atomic mass is 9.94. The summed E-state index contributed by atoms with van der Waals surface area (Å²) < 4.78 is 5.82. The van der Waals surface area contributed by atoms with Gasteiger partial charge in [0.05, 0.1) is 12.7 Å². The summed E-state index contributed by atoms with van der Waals surface area (Å²) in [6.07, 6.45) is 6.11. The normalized spacial score (nSPS) is 11.5. The van der Waals surface area contributed by atoms with Crippen molar-refractivity contribution in [3.8, 4) is 11.4 Å². The number of nitrogens with one attached hydrogen (secondary N) is 1. The Balaban J connectivity index is 1.79. The topological polar surface area (TPSA) is 76.7 Å². The van der Waals surface area contributed by atoms with Gasteiger partial charge in [0, 0.05) is 35.1 Å². The highest BCUT2D eigenvalue weighted by Gasteiger charge is 2.19. The van der Waals surface area contributed by atoms with E-state index in [9.17, 15) is 0 Å². The number of aryl methyl sites for hydroxylation is 1. The van der Waals surface area contributed by atoms with Gasteiger partial charge in [-0.3, -0.25) is 4.98 Å². The maximum absolute atomic E-state index is 5.82. The highest BCUT2D eigenvalue weighted by atomic mass is 16.4. The first-order chi connectivity index (χ1) is 12.0. The van der Waals surface area contributed by atoms with E-state index in [4.69, 9.17) is 4.42 Å². The van der Waals surface area contributed by atoms with Crippen molar-refractivity contribution in [3.63, 3.8) is 0 Å². The Hall–Kier alpha value is -2.76. The van der Waals surface area contributed by atoms with Gasteiger partial charge in [0.1, 0.15) is 11.6 Å². The molecule has 0 unspecified atom stereocenters. The van der Waals surface area contributed by atoms with Crippen molar-refractivity contribution in [3.05, 3.63) is 54.1 Å². The molecular weight excluding hydrogens is 314 g/mol. The molecule has 0 saturated carbocycles. The fourth-order valence-corrected chi connectivity index (χ4v) is 2.30. The lowest BCUT2D eigenvalue weighted by Gasteiger charge is -2.13. The van der Waals surface area contributed by atoms with Crippen molar-refractivity contribution in [1.29, 1.82) is 0 Å². The number of rotatable bonds is 5. The van der Waals surface area contributed by atoms with Gasteiger partial charge in [0.15, 0.2) is 5.82 Å². The largest absolute Gasteiger partial charge is 0.443 e. The number of anilines is 1. The summed E-state index contributed by atoms with van der Waals surface area (Å²) in [5, 5.41) is 3.29. The van der Waals surface area contributed by atoms with Crippen molar-refractivity contribution >= 4 is 5.82 Å². The summed E-state index contributed by atoms with van der Waals surface area (Å²) in [5.41, 5.74) is 1.87. The van der Waals surface area contributed by atoms with Crippen LogP contribution in [0.1, 0.15) is 45.0 Å². The summed E-state index contributed by atoms with van der Waals surface area (Å²) in [7, 11) is 0. The second-order valence-electron chi connectivity index (χ2n) is 6.88. The van der Waals surface area contributed by atoms with Crippen LogP contribution in [0.5, 0.6) is 0 Å². The van der Waals surface area contributed by atoms with E-state index in [0.717, 1.165) is 29.3 Å². The van der Waals surface area contributed by atoms with Crippen molar-refractivity contribution < 1.29 is 4.42 Å². The third-order valence-electron chi connectivity index (χ3n) is 3.79. The number of pyridine rings is 1. The Morgan fingerprint density at radius 3 is 2.52 bits per heavy atom. The maximum atomic E-state index is 5.82. The molecule has 0 radical (unpaired) electrons. The smallest absolute Gasteiger partial charge is 0.213 e.